The number of amides is 2. The first-order valence-corrected chi connectivity index (χ1v) is 10.00. The first kappa shape index (κ1) is 21.2. The number of nitrogens with zero attached hydrogens (tertiary/aromatic N) is 3. The standard InChI is InChI=1S/C22H20FN5O4/c23-18-10-15(6-7-17(18)21-25-13-26-27-21)28-12-16(32-22(28)31)11-24-20(30)9-8-19(29)14-4-2-1-3-5-14/h1-7,10,13,16H,8-9,11-12H2,(H,24,30)(H,25,26,27). The molecule has 1 unspecified atom stereocenters. The van der Waals surface area contributed by atoms with Crippen molar-refractivity contribution in [1.82, 2.24) is 20.5 Å². The Kier molecular flexibility index (Phi) is 6.20. The molecular weight excluding hydrogens is 417 g/mol. The first-order chi connectivity index (χ1) is 15.5. The van der Waals surface area contributed by atoms with Crippen LogP contribution in [0.4, 0.5) is 14.9 Å². The van der Waals surface area contributed by atoms with Gasteiger partial charge in [0.1, 0.15) is 18.2 Å². The molecule has 0 bridgehead atoms. The highest BCUT2D eigenvalue weighted by Crippen LogP contribution is 2.27. The summed E-state index contributed by atoms with van der Waals surface area (Å²) in [7, 11) is 0. The molecule has 1 aliphatic heterocycles. The fourth-order valence-corrected chi connectivity index (χ4v) is 3.34. The summed E-state index contributed by atoms with van der Waals surface area (Å²) in [5.41, 5.74) is 1.09. The maximum atomic E-state index is 14.5. The number of benzene rings is 2. The number of anilines is 1. The van der Waals surface area contributed by atoms with E-state index in [1.165, 1.54) is 23.4 Å². The lowest BCUT2D eigenvalue weighted by atomic mass is 10.1. The molecule has 32 heavy (non-hydrogen) atoms. The van der Waals surface area contributed by atoms with Crippen LogP contribution in [0.1, 0.15) is 23.2 Å². The lowest BCUT2D eigenvalue weighted by Gasteiger charge is -2.14. The molecular formula is C22H20FN5O4. The van der Waals surface area contributed by atoms with E-state index < -0.39 is 18.0 Å². The molecule has 2 N–H and O–H groups in total. The van der Waals surface area contributed by atoms with E-state index in [2.05, 4.69) is 20.5 Å². The fraction of sp³-hybridized carbons (Fsp3) is 0.227. The van der Waals surface area contributed by atoms with Crippen molar-refractivity contribution in [2.24, 2.45) is 0 Å². The SMILES string of the molecule is O=C(CCC(=O)c1ccccc1)NCC1CN(c2ccc(-c3nc[nH]n3)c(F)c2)C(=O)O1. The van der Waals surface area contributed by atoms with Gasteiger partial charge in [-0.1, -0.05) is 30.3 Å². The Labute approximate surface area is 182 Å². The number of carbonyl (C=O) groups is 3. The van der Waals surface area contributed by atoms with Crippen molar-refractivity contribution in [3.8, 4) is 11.4 Å². The maximum Gasteiger partial charge on any atom is 0.414 e. The van der Waals surface area contributed by atoms with E-state index >= 15 is 0 Å². The molecule has 0 aliphatic carbocycles. The summed E-state index contributed by atoms with van der Waals surface area (Å²) in [6.07, 6.45) is 0.242. The van der Waals surface area contributed by atoms with Gasteiger partial charge < -0.3 is 10.1 Å². The Balaban J connectivity index is 1.28. The number of Topliss-reactive ketones (excluding diaryl/α,β-unsaturated/α-hetero) is 1. The van der Waals surface area contributed by atoms with E-state index in [0.29, 0.717) is 11.3 Å². The van der Waals surface area contributed by atoms with E-state index in [9.17, 15) is 18.8 Å². The second-order valence-electron chi connectivity index (χ2n) is 7.20. The smallest absolute Gasteiger partial charge is 0.414 e. The molecule has 1 aliphatic rings. The van der Waals surface area contributed by atoms with E-state index in [0.717, 1.165) is 0 Å². The molecule has 4 rings (SSSR count). The normalized spacial score (nSPS) is 15.5. The van der Waals surface area contributed by atoms with E-state index in [-0.39, 0.29) is 49.0 Å². The molecule has 2 heterocycles. The number of aromatic nitrogens is 3. The predicted octanol–water partition coefficient (Wildman–Crippen LogP) is 2.72. The highest BCUT2D eigenvalue weighted by Gasteiger charge is 2.33. The summed E-state index contributed by atoms with van der Waals surface area (Å²) in [5, 5.41) is 9.04. The Morgan fingerprint density at radius 1 is 1.19 bits per heavy atom. The number of nitrogens with one attached hydrogen (secondary N) is 2. The van der Waals surface area contributed by atoms with Gasteiger partial charge in [0.2, 0.25) is 5.91 Å². The summed E-state index contributed by atoms with van der Waals surface area (Å²) < 4.78 is 19.7. The molecule has 1 aromatic heterocycles. The Hall–Kier alpha value is -4.08. The van der Waals surface area contributed by atoms with Crippen LogP contribution in [0.2, 0.25) is 0 Å². The molecule has 0 spiro atoms. The zero-order chi connectivity index (χ0) is 22.5. The second kappa shape index (κ2) is 9.38. The van der Waals surface area contributed by atoms with Crippen LogP contribution in [0, 0.1) is 5.82 Å². The minimum Gasteiger partial charge on any atom is -0.442 e. The molecule has 2 amide bonds. The van der Waals surface area contributed by atoms with Gasteiger partial charge in [-0.3, -0.25) is 19.6 Å². The van der Waals surface area contributed by atoms with Crippen LogP contribution in [0.25, 0.3) is 11.4 Å². The third kappa shape index (κ3) is 4.80. The molecule has 10 heteroatoms. The van der Waals surface area contributed by atoms with E-state index in [4.69, 9.17) is 4.74 Å². The van der Waals surface area contributed by atoms with Crippen LogP contribution in [0.15, 0.2) is 54.9 Å². The highest BCUT2D eigenvalue weighted by molar-refractivity contribution is 5.98. The zero-order valence-electron chi connectivity index (χ0n) is 17.0. The third-order valence-electron chi connectivity index (χ3n) is 5.00. The molecule has 0 radical (unpaired) electrons. The van der Waals surface area contributed by atoms with Crippen LogP contribution in [0.3, 0.4) is 0 Å². The van der Waals surface area contributed by atoms with Crippen molar-refractivity contribution < 1.29 is 23.5 Å². The van der Waals surface area contributed by atoms with Crippen LogP contribution in [0.5, 0.6) is 0 Å². The molecule has 1 saturated heterocycles. The largest absolute Gasteiger partial charge is 0.442 e. The molecule has 2 aromatic carbocycles. The van der Waals surface area contributed by atoms with Crippen molar-refractivity contribution in [2.45, 2.75) is 18.9 Å². The number of aromatic amines is 1. The van der Waals surface area contributed by atoms with Crippen molar-refractivity contribution in [3.05, 3.63) is 66.2 Å². The van der Waals surface area contributed by atoms with Gasteiger partial charge in [0.05, 0.1) is 24.3 Å². The Bertz CT molecular complexity index is 1120. The number of rotatable bonds is 8. The van der Waals surface area contributed by atoms with Gasteiger partial charge in [-0.05, 0) is 18.2 Å². The predicted molar refractivity (Wildman–Crippen MR) is 112 cm³/mol. The van der Waals surface area contributed by atoms with Gasteiger partial charge in [-0.15, -0.1) is 0 Å². The van der Waals surface area contributed by atoms with Crippen molar-refractivity contribution in [2.75, 3.05) is 18.0 Å². The molecule has 1 fully saturated rings. The van der Waals surface area contributed by atoms with Crippen molar-refractivity contribution in [3.63, 3.8) is 0 Å². The average Bonchev–Trinajstić information content (AvgIpc) is 3.46. The van der Waals surface area contributed by atoms with Crippen LogP contribution in [-0.4, -0.2) is 52.2 Å². The third-order valence-corrected chi connectivity index (χ3v) is 5.00. The van der Waals surface area contributed by atoms with E-state index in [1.54, 1.807) is 30.3 Å². The number of hydrogen-bond acceptors (Lipinski definition) is 6. The quantitative estimate of drug-likeness (QED) is 0.524. The molecule has 1 atom stereocenters. The molecule has 3 aromatic rings. The molecule has 0 saturated carbocycles. The van der Waals surface area contributed by atoms with Gasteiger partial charge in [-0.2, -0.15) is 5.10 Å². The Morgan fingerprint density at radius 3 is 2.72 bits per heavy atom. The fourth-order valence-electron chi connectivity index (χ4n) is 3.34. The van der Waals surface area contributed by atoms with Gasteiger partial charge in [0, 0.05) is 18.4 Å². The van der Waals surface area contributed by atoms with Crippen molar-refractivity contribution >= 4 is 23.5 Å². The Morgan fingerprint density at radius 2 is 2.00 bits per heavy atom. The van der Waals surface area contributed by atoms with Crippen LogP contribution in [-0.2, 0) is 9.53 Å². The molecule has 9 nitrogen and oxygen atoms in total. The lowest BCUT2D eigenvalue weighted by molar-refractivity contribution is -0.121. The van der Waals surface area contributed by atoms with Gasteiger partial charge >= 0.3 is 6.09 Å². The topological polar surface area (TPSA) is 117 Å². The summed E-state index contributed by atoms with van der Waals surface area (Å²) in [6.45, 7) is 0.250. The number of ether oxygens (including phenoxy) is 1. The van der Waals surface area contributed by atoms with Crippen LogP contribution < -0.4 is 10.2 Å². The van der Waals surface area contributed by atoms with Crippen molar-refractivity contribution in [1.29, 1.82) is 0 Å². The van der Waals surface area contributed by atoms with Crippen LogP contribution >= 0.6 is 0 Å². The lowest BCUT2D eigenvalue weighted by Crippen LogP contribution is -2.34. The number of cyclic esters (lactones) is 1. The van der Waals surface area contributed by atoms with Gasteiger partial charge in [0.15, 0.2) is 11.6 Å². The average molecular weight is 437 g/mol. The number of carbonyl (C=O) groups excluding carboxylic acids is 3. The minimum atomic E-state index is -0.631. The summed E-state index contributed by atoms with van der Waals surface area (Å²) in [4.78, 5) is 41.6. The second-order valence-corrected chi connectivity index (χ2v) is 7.20. The summed E-state index contributed by atoms with van der Waals surface area (Å²) in [6, 6.07) is 13.0. The monoisotopic (exact) mass is 437 g/mol. The van der Waals surface area contributed by atoms with Gasteiger partial charge in [-0.25, -0.2) is 14.2 Å². The number of H-pyrrole nitrogens is 1. The van der Waals surface area contributed by atoms with E-state index in [1.807, 2.05) is 6.07 Å². The summed E-state index contributed by atoms with van der Waals surface area (Å²) >= 11 is 0. The number of ketones is 1. The summed E-state index contributed by atoms with van der Waals surface area (Å²) in [5.74, 6) is -0.792. The zero-order valence-corrected chi connectivity index (χ0v) is 17.0. The van der Waals surface area contributed by atoms with Gasteiger partial charge in [0.25, 0.3) is 0 Å². The minimum absolute atomic E-state index is 0.0337. The number of halogens is 1. The number of hydrogen-bond donors (Lipinski definition) is 2. The first-order valence-electron chi connectivity index (χ1n) is 10.00. The maximum absolute atomic E-state index is 14.5. The molecule has 164 valence electrons. The highest BCUT2D eigenvalue weighted by atomic mass is 19.1.